The number of anilines is 5. The van der Waals surface area contributed by atoms with Gasteiger partial charge in [0.15, 0.2) is 5.13 Å². The topological polar surface area (TPSA) is 62.3 Å². The van der Waals surface area contributed by atoms with Crippen molar-refractivity contribution in [3.05, 3.63) is 78.3 Å². The fraction of sp³-hybridized carbons (Fsp3) is 0.167. The van der Waals surface area contributed by atoms with E-state index < -0.39 is 0 Å². The average molecular weight is 430 g/mol. The van der Waals surface area contributed by atoms with Crippen LogP contribution in [0.3, 0.4) is 0 Å². The number of hydrogen-bond donors (Lipinski definition) is 2. The molecule has 4 aromatic rings. The lowest BCUT2D eigenvalue weighted by Gasteiger charge is -2.28. The first-order valence-electron chi connectivity index (χ1n) is 10.3. The minimum absolute atomic E-state index is 0.781. The number of rotatable bonds is 6. The summed E-state index contributed by atoms with van der Waals surface area (Å²) in [4.78, 5) is 11.5. The van der Waals surface area contributed by atoms with Crippen molar-refractivity contribution in [2.45, 2.75) is 0 Å². The summed E-state index contributed by atoms with van der Waals surface area (Å²) in [6.07, 6.45) is 1.79. The summed E-state index contributed by atoms with van der Waals surface area (Å²) >= 11 is 1.59. The second kappa shape index (κ2) is 9.16. The van der Waals surface area contributed by atoms with Gasteiger partial charge in [0.25, 0.3) is 0 Å². The Hall–Kier alpha value is -3.42. The van der Waals surface area contributed by atoms with Crippen LogP contribution in [0.15, 0.2) is 78.3 Å². The van der Waals surface area contributed by atoms with Gasteiger partial charge in [-0.3, -0.25) is 0 Å². The molecule has 31 heavy (non-hydrogen) atoms. The van der Waals surface area contributed by atoms with Crippen molar-refractivity contribution in [3.8, 4) is 11.3 Å². The molecular weight excluding hydrogens is 406 g/mol. The highest BCUT2D eigenvalue weighted by Gasteiger charge is 2.11. The molecule has 156 valence electrons. The third-order valence-corrected chi connectivity index (χ3v) is 5.86. The SMILES string of the molecule is c1ccc(-c2csc(Nc3ccnc(Nc4ccc(N5CCOCC5)cc4)c3)n2)cc1. The summed E-state index contributed by atoms with van der Waals surface area (Å²) in [5.41, 5.74) is 5.25. The minimum Gasteiger partial charge on any atom is -0.378 e. The van der Waals surface area contributed by atoms with E-state index in [0.29, 0.717) is 0 Å². The maximum absolute atomic E-state index is 5.43. The molecule has 1 aliphatic heterocycles. The summed E-state index contributed by atoms with van der Waals surface area (Å²) in [7, 11) is 0. The Bertz CT molecular complexity index is 1120. The average Bonchev–Trinajstić information content (AvgIpc) is 3.29. The van der Waals surface area contributed by atoms with E-state index in [0.717, 1.165) is 59.9 Å². The molecule has 2 aromatic heterocycles. The van der Waals surface area contributed by atoms with Crippen LogP contribution in [0.5, 0.6) is 0 Å². The van der Waals surface area contributed by atoms with Crippen LogP contribution in [0, 0.1) is 0 Å². The third-order valence-electron chi connectivity index (χ3n) is 5.10. The lowest BCUT2D eigenvalue weighted by atomic mass is 10.2. The second-order valence-electron chi connectivity index (χ2n) is 7.23. The number of aromatic nitrogens is 2. The highest BCUT2D eigenvalue weighted by molar-refractivity contribution is 7.14. The Morgan fingerprint density at radius 1 is 0.871 bits per heavy atom. The molecule has 0 amide bonds. The van der Waals surface area contributed by atoms with Gasteiger partial charge in [0.1, 0.15) is 5.82 Å². The molecule has 0 bridgehead atoms. The number of nitrogens with zero attached hydrogens (tertiary/aromatic N) is 3. The maximum Gasteiger partial charge on any atom is 0.187 e. The van der Waals surface area contributed by atoms with E-state index in [4.69, 9.17) is 9.72 Å². The molecule has 1 saturated heterocycles. The Morgan fingerprint density at radius 2 is 1.68 bits per heavy atom. The predicted octanol–water partition coefficient (Wildman–Crippen LogP) is 5.53. The molecule has 0 spiro atoms. The van der Waals surface area contributed by atoms with Crippen molar-refractivity contribution < 1.29 is 4.74 Å². The molecule has 0 radical (unpaired) electrons. The maximum atomic E-state index is 5.43. The van der Waals surface area contributed by atoms with Gasteiger partial charge in [-0.15, -0.1) is 11.3 Å². The number of pyridine rings is 1. The Balaban J connectivity index is 1.25. The number of morpholine rings is 1. The Morgan fingerprint density at radius 3 is 2.48 bits per heavy atom. The molecule has 7 heteroatoms. The first-order chi connectivity index (χ1) is 15.3. The Labute approximate surface area is 185 Å². The van der Waals surface area contributed by atoms with Crippen molar-refractivity contribution in [2.24, 2.45) is 0 Å². The second-order valence-corrected chi connectivity index (χ2v) is 8.09. The lowest BCUT2D eigenvalue weighted by Crippen LogP contribution is -2.36. The molecule has 3 heterocycles. The van der Waals surface area contributed by atoms with E-state index in [9.17, 15) is 0 Å². The fourth-order valence-electron chi connectivity index (χ4n) is 3.50. The monoisotopic (exact) mass is 429 g/mol. The normalized spacial score (nSPS) is 13.7. The zero-order chi connectivity index (χ0) is 20.9. The molecular formula is C24H23N5OS. The molecule has 6 nitrogen and oxygen atoms in total. The van der Waals surface area contributed by atoms with E-state index in [-0.39, 0.29) is 0 Å². The highest BCUT2D eigenvalue weighted by atomic mass is 32.1. The number of ether oxygens (including phenoxy) is 1. The van der Waals surface area contributed by atoms with Gasteiger partial charge in [-0.1, -0.05) is 30.3 Å². The summed E-state index contributed by atoms with van der Waals surface area (Å²) in [5.74, 6) is 0.781. The number of thiazole rings is 1. The van der Waals surface area contributed by atoms with Crippen LogP contribution in [0.1, 0.15) is 0 Å². The van der Waals surface area contributed by atoms with Gasteiger partial charge in [0.2, 0.25) is 0 Å². The third kappa shape index (κ3) is 4.84. The van der Waals surface area contributed by atoms with Crippen LogP contribution in [0.2, 0.25) is 0 Å². The Kier molecular flexibility index (Phi) is 5.77. The lowest BCUT2D eigenvalue weighted by molar-refractivity contribution is 0.122. The van der Waals surface area contributed by atoms with Crippen molar-refractivity contribution in [1.29, 1.82) is 0 Å². The molecule has 0 unspecified atom stereocenters. The van der Waals surface area contributed by atoms with E-state index in [1.807, 2.05) is 30.3 Å². The van der Waals surface area contributed by atoms with E-state index in [1.54, 1.807) is 17.5 Å². The molecule has 1 aliphatic rings. The molecule has 0 saturated carbocycles. The van der Waals surface area contributed by atoms with Gasteiger partial charge in [-0.25, -0.2) is 9.97 Å². The zero-order valence-electron chi connectivity index (χ0n) is 17.0. The summed E-state index contributed by atoms with van der Waals surface area (Å²) in [5, 5.41) is 9.68. The number of benzene rings is 2. The van der Waals surface area contributed by atoms with Gasteiger partial charge in [-0.05, 0) is 30.3 Å². The van der Waals surface area contributed by atoms with Crippen molar-refractivity contribution in [1.82, 2.24) is 9.97 Å². The highest BCUT2D eigenvalue weighted by Crippen LogP contribution is 2.28. The van der Waals surface area contributed by atoms with E-state index in [1.165, 1.54) is 5.69 Å². The van der Waals surface area contributed by atoms with Crippen LogP contribution in [-0.2, 0) is 4.74 Å². The predicted molar refractivity (Wildman–Crippen MR) is 128 cm³/mol. The van der Waals surface area contributed by atoms with E-state index in [2.05, 4.69) is 62.3 Å². The quantitative estimate of drug-likeness (QED) is 0.420. The van der Waals surface area contributed by atoms with Crippen LogP contribution in [0.25, 0.3) is 11.3 Å². The van der Waals surface area contributed by atoms with Crippen molar-refractivity contribution in [3.63, 3.8) is 0 Å². The van der Waals surface area contributed by atoms with Crippen LogP contribution in [0.4, 0.5) is 28.0 Å². The fourth-order valence-corrected chi connectivity index (χ4v) is 4.24. The van der Waals surface area contributed by atoms with E-state index >= 15 is 0 Å². The van der Waals surface area contributed by atoms with Crippen LogP contribution >= 0.6 is 11.3 Å². The molecule has 5 rings (SSSR count). The minimum atomic E-state index is 0.781. The van der Waals surface area contributed by atoms with Crippen LogP contribution in [-0.4, -0.2) is 36.3 Å². The molecule has 1 fully saturated rings. The molecule has 0 atom stereocenters. The van der Waals surface area contributed by atoms with Gasteiger partial charge < -0.3 is 20.3 Å². The van der Waals surface area contributed by atoms with Crippen LogP contribution < -0.4 is 15.5 Å². The van der Waals surface area contributed by atoms with Gasteiger partial charge >= 0.3 is 0 Å². The van der Waals surface area contributed by atoms with Gasteiger partial charge in [0, 0.05) is 53.4 Å². The standard InChI is InChI=1S/C24H23N5OS/c1-2-4-18(5-3-1)22-17-31-24(28-22)27-20-10-11-25-23(16-20)26-19-6-8-21(9-7-19)29-12-14-30-15-13-29/h1-11,16-17H,12-15H2,(H2,25,26,27,28). The summed E-state index contributed by atoms with van der Waals surface area (Å²) < 4.78 is 5.43. The zero-order valence-corrected chi connectivity index (χ0v) is 17.8. The van der Waals surface area contributed by atoms with Crippen molar-refractivity contribution in [2.75, 3.05) is 41.8 Å². The summed E-state index contributed by atoms with van der Waals surface area (Å²) in [6.45, 7) is 3.45. The number of hydrogen-bond acceptors (Lipinski definition) is 7. The molecule has 2 N–H and O–H groups in total. The molecule has 0 aliphatic carbocycles. The number of nitrogens with one attached hydrogen (secondary N) is 2. The largest absolute Gasteiger partial charge is 0.378 e. The van der Waals surface area contributed by atoms with Gasteiger partial charge in [-0.2, -0.15) is 0 Å². The van der Waals surface area contributed by atoms with Crippen molar-refractivity contribution >= 4 is 39.3 Å². The summed E-state index contributed by atoms with van der Waals surface area (Å²) in [6, 6.07) is 22.6. The first-order valence-corrected chi connectivity index (χ1v) is 11.2. The smallest absolute Gasteiger partial charge is 0.187 e. The van der Waals surface area contributed by atoms with Gasteiger partial charge in [0.05, 0.1) is 18.9 Å². The molecule has 2 aromatic carbocycles. The first kappa shape index (κ1) is 19.5.